The number of urea groups is 1. The minimum Gasteiger partial charge on any atom is -0.435 e. The summed E-state index contributed by atoms with van der Waals surface area (Å²) in [7, 11) is 3.33. The number of hydrogen-bond acceptors (Lipinski definition) is 3. The van der Waals surface area contributed by atoms with E-state index in [1.165, 1.54) is 11.0 Å². The molecular formula is C14H21F2N3O2. The van der Waals surface area contributed by atoms with Crippen molar-refractivity contribution in [3.05, 3.63) is 29.8 Å². The molecule has 0 spiro atoms. The van der Waals surface area contributed by atoms with Gasteiger partial charge in [0.25, 0.3) is 0 Å². The van der Waals surface area contributed by atoms with Crippen LogP contribution >= 0.6 is 0 Å². The van der Waals surface area contributed by atoms with Crippen LogP contribution < -0.4 is 15.4 Å². The van der Waals surface area contributed by atoms with E-state index in [1.54, 1.807) is 26.2 Å². The van der Waals surface area contributed by atoms with E-state index in [-0.39, 0.29) is 17.8 Å². The number of alkyl halides is 2. The lowest BCUT2D eigenvalue weighted by Crippen LogP contribution is -2.38. The minimum atomic E-state index is -2.83. The number of carbonyl (C=O) groups is 1. The molecule has 1 unspecified atom stereocenters. The monoisotopic (exact) mass is 301 g/mol. The van der Waals surface area contributed by atoms with Crippen LogP contribution in [0.3, 0.4) is 0 Å². The smallest absolute Gasteiger partial charge is 0.387 e. The molecule has 1 aromatic carbocycles. The highest BCUT2D eigenvalue weighted by molar-refractivity contribution is 5.73. The number of nitrogens with zero attached hydrogens (tertiary/aromatic N) is 1. The summed E-state index contributed by atoms with van der Waals surface area (Å²) in [6.07, 6.45) is 0. The number of rotatable bonds is 7. The van der Waals surface area contributed by atoms with E-state index in [0.29, 0.717) is 13.1 Å². The van der Waals surface area contributed by atoms with Gasteiger partial charge in [-0.25, -0.2) is 4.79 Å². The molecule has 1 atom stereocenters. The van der Waals surface area contributed by atoms with Crippen LogP contribution in [0, 0.1) is 0 Å². The van der Waals surface area contributed by atoms with Crippen LogP contribution in [0.25, 0.3) is 0 Å². The van der Waals surface area contributed by atoms with Gasteiger partial charge in [-0.15, -0.1) is 0 Å². The molecule has 0 aromatic heterocycles. The molecule has 0 aliphatic heterocycles. The summed E-state index contributed by atoms with van der Waals surface area (Å²) in [5, 5.41) is 5.92. The zero-order valence-electron chi connectivity index (χ0n) is 12.4. The summed E-state index contributed by atoms with van der Waals surface area (Å²) in [6.45, 7) is 0.134. The first-order valence-corrected chi connectivity index (χ1v) is 6.63. The summed E-state index contributed by atoms with van der Waals surface area (Å²) in [5.41, 5.74) is 0.840. The lowest BCUT2D eigenvalue weighted by atomic mass is 10.1. The SMILES string of the molecule is CC(NCCNC(=O)N(C)C)c1cccc(OC(F)F)c1. The molecule has 0 fully saturated rings. The van der Waals surface area contributed by atoms with E-state index in [1.807, 2.05) is 13.0 Å². The molecule has 2 amide bonds. The molecule has 7 heteroatoms. The predicted molar refractivity (Wildman–Crippen MR) is 76.6 cm³/mol. The molecule has 1 aromatic rings. The van der Waals surface area contributed by atoms with Crippen LogP contribution in [0.15, 0.2) is 24.3 Å². The number of ether oxygens (including phenoxy) is 1. The molecule has 0 saturated carbocycles. The van der Waals surface area contributed by atoms with Crippen molar-refractivity contribution in [3.8, 4) is 5.75 Å². The van der Waals surface area contributed by atoms with E-state index in [9.17, 15) is 13.6 Å². The first-order valence-electron chi connectivity index (χ1n) is 6.63. The predicted octanol–water partition coefficient (Wildman–Crippen LogP) is 2.21. The molecule has 5 nitrogen and oxygen atoms in total. The summed E-state index contributed by atoms with van der Waals surface area (Å²) in [4.78, 5) is 12.8. The molecular weight excluding hydrogens is 280 g/mol. The van der Waals surface area contributed by atoms with Gasteiger partial charge in [0.15, 0.2) is 0 Å². The van der Waals surface area contributed by atoms with E-state index in [2.05, 4.69) is 15.4 Å². The van der Waals surface area contributed by atoms with E-state index in [4.69, 9.17) is 0 Å². The number of carbonyl (C=O) groups excluding carboxylic acids is 1. The Hall–Kier alpha value is -1.89. The van der Waals surface area contributed by atoms with Gasteiger partial charge >= 0.3 is 12.6 Å². The molecule has 0 radical (unpaired) electrons. The van der Waals surface area contributed by atoms with Gasteiger partial charge in [-0.2, -0.15) is 8.78 Å². The Kier molecular flexibility index (Phi) is 6.87. The third-order valence-corrected chi connectivity index (χ3v) is 2.84. The quantitative estimate of drug-likeness (QED) is 0.759. The van der Waals surface area contributed by atoms with Gasteiger partial charge < -0.3 is 20.3 Å². The van der Waals surface area contributed by atoms with Gasteiger partial charge in [0.2, 0.25) is 0 Å². The van der Waals surface area contributed by atoms with Crippen LogP contribution in [-0.4, -0.2) is 44.7 Å². The van der Waals surface area contributed by atoms with Gasteiger partial charge in [-0.3, -0.25) is 0 Å². The average molecular weight is 301 g/mol. The fourth-order valence-corrected chi connectivity index (χ4v) is 1.69. The maximum absolute atomic E-state index is 12.2. The van der Waals surface area contributed by atoms with Crippen molar-refractivity contribution in [1.82, 2.24) is 15.5 Å². The topological polar surface area (TPSA) is 53.6 Å². The first-order chi connectivity index (χ1) is 9.90. The summed E-state index contributed by atoms with van der Waals surface area (Å²) in [6, 6.07) is 6.36. The Morgan fingerprint density at radius 2 is 2.05 bits per heavy atom. The van der Waals surface area contributed by atoms with Gasteiger partial charge in [0.05, 0.1) is 0 Å². The molecule has 2 N–H and O–H groups in total. The van der Waals surface area contributed by atoms with Crippen LogP contribution in [-0.2, 0) is 0 Å². The second kappa shape index (κ2) is 8.41. The lowest BCUT2D eigenvalue weighted by molar-refractivity contribution is -0.0499. The zero-order valence-corrected chi connectivity index (χ0v) is 12.4. The molecule has 1 rings (SSSR count). The highest BCUT2D eigenvalue weighted by Gasteiger charge is 2.09. The molecule has 0 aliphatic carbocycles. The number of halogens is 2. The summed E-state index contributed by atoms with van der Waals surface area (Å²) >= 11 is 0. The van der Waals surface area contributed by atoms with Crippen molar-refractivity contribution in [2.45, 2.75) is 19.6 Å². The molecule has 118 valence electrons. The Morgan fingerprint density at radius 1 is 1.33 bits per heavy atom. The minimum absolute atomic E-state index is 0.0394. The fourth-order valence-electron chi connectivity index (χ4n) is 1.69. The second-order valence-corrected chi connectivity index (χ2v) is 4.75. The maximum Gasteiger partial charge on any atom is 0.387 e. The fraction of sp³-hybridized carbons (Fsp3) is 0.500. The zero-order chi connectivity index (χ0) is 15.8. The highest BCUT2D eigenvalue weighted by atomic mass is 19.3. The molecule has 21 heavy (non-hydrogen) atoms. The highest BCUT2D eigenvalue weighted by Crippen LogP contribution is 2.20. The van der Waals surface area contributed by atoms with Crippen LogP contribution in [0.4, 0.5) is 13.6 Å². The number of benzene rings is 1. The Balaban J connectivity index is 2.41. The van der Waals surface area contributed by atoms with Crippen molar-refractivity contribution in [2.24, 2.45) is 0 Å². The van der Waals surface area contributed by atoms with Crippen LogP contribution in [0.5, 0.6) is 5.75 Å². The lowest BCUT2D eigenvalue weighted by Gasteiger charge is -2.17. The maximum atomic E-state index is 12.2. The third kappa shape index (κ3) is 6.40. The van der Waals surface area contributed by atoms with Gasteiger partial charge in [-0.1, -0.05) is 12.1 Å². The van der Waals surface area contributed by atoms with Crippen molar-refractivity contribution < 1.29 is 18.3 Å². The number of amides is 2. The first kappa shape index (κ1) is 17.2. The van der Waals surface area contributed by atoms with Crippen molar-refractivity contribution >= 4 is 6.03 Å². The van der Waals surface area contributed by atoms with Crippen molar-refractivity contribution in [1.29, 1.82) is 0 Å². The molecule has 0 heterocycles. The van der Waals surface area contributed by atoms with Gasteiger partial charge in [0.1, 0.15) is 5.75 Å². The van der Waals surface area contributed by atoms with E-state index in [0.717, 1.165) is 5.56 Å². The summed E-state index contributed by atoms with van der Waals surface area (Å²) in [5.74, 6) is 0.136. The summed E-state index contributed by atoms with van der Waals surface area (Å²) < 4.78 is 28.7. The molecule has 0 aliphatic rings. The van der Waals surface area contributed by atoms with Crippen molar-refractivity contribution in [3.63, 3.8) is 0 Å². The third-order valence-electron chi connectivity index (χ3n) is 2.84. The van der Waals surface area contributed by atoms with Crippen molar-refractivity contribution in [2.75, 3.05) is 27.2 Å². The standard InChI is InChI=1S/C14H21F2N3O2/c1-10(17-7-8-18-14(20)19(2)3)11-5-4-6-12(9-11)21-13(15)16/h4-6,9-10,13,17H,7-8H2,1-3H3,(H,18,20). The van der Waals surface area contributed by atoms with Crippen LogP contribution in [0.1, 0.15) is 18.5 Å². The Bertz CT molecular complexity index is 456. The number of hydrogen-bond donors (Lipinski definition) is 2. The largest absolute Gasteiger partial charge is 0.435 e. The van der Waals surface area contributed by atoms with E-state index < -0.39 is 6.61 Å². The Labute approximate surface area is 123 Å². The molecule has 0 bridgehead atoms. The second-order valence-electron chi connectivity index (χ2n) is 4.75. The average Bonchev–Trinajstić information content (AvgIpc) is 2.42. The molecule has 0 saturated heterocycles. The van der Waals surface area contributed by atoms with Crippen LogP contribution in [0.2, 0.25) is 0 Å². The van der Waals surface area contributed by atoms with E-state index >= 15 is 0 Å². The number of nitrogens with one attached hydrogen (secondary N) is 2. The van der Waals surface area contributed by atoms with Gasteiger partial charge in [0, 0.05) is 33.2 Å². The normalized spacial score (nSPS) is 12.1. The van der Waals surface area contributed by atoms with Gasteiger partial charge in [-0.05, 0) is 24.6 Å². The Morgan fingerprint density at radius 3 is 2.67 bits per heavy atom.